The standard InChI is InChI=1S/C17H27NO3/c1-12(2)10-15(11-19)18-16(20)8-9-21-17-13(3)6-5-7-14(17)4/h5-7,12,15,19H,8-11H2,1-4H3,(H,18,20). The van der Waals surface area contributed by atoms with E-state index in [0.717, 1.165) is 23.3 Å². The number of hydrogen-bond donors (Lipinski definition) is 2. The zero-order valence-corrected chi connectivity index (χ0v) is 13.5. The number of aliphatic hydroxyl groups excluding tert-OH is 1. The Hall–Kier alpha value is -1.55. The van der Waals surface area contributed by atoms with Crippen molar-refractivity contribution in [2.45, 2.75) is 46.6 Å². The SMILES string of the molecule is Cc1cccc(C)c1OCCC(=O)NC(CO)CC(C)C. The van der Waals surface area contributed by atoms with Crippen molar-refractivity contribution in [3.05, 3.63) is 29.3 Å². The van der Waals surface area contributed by atoms with Crippen LogP contribution in [0.1, 0.15) is 37.8 Å². The molecule has 0 aliphatic heterocycles. The van der Waals surface area contributed by atoms with E-state index in [4.69, 9.17) is 4.74 Å². The molecular formula is C17H27NO3. The van der Waals surface area contributed by atoms with Crippen LogP contribution in [0.4, 0.5) is 0 Å². The molecule has 0 radical (unpaired) electrons. The molecule has 118 valence electrons. The van der Waals surface area contributed by atoms with Crippen LogP contribution in [0.15, 0.2) is 18.2 Å². The summed E-state index contributed by atoms with van der Waals surface area (Å²) >= 11 is 0. The maximum atomic E-state index is 11.9. The molecule has 4 nitrogen and oxygen atoms in total. The largest absolute Gasteiger partial charge is 0.493 e. The minimum absolute atomic E-state index is 0.0261. The molecule has 0 spiro atoms. The molecule has 1 amide bonds. The summed E-state index contributed by atoms with van der Waals surface area (Å²) in [4.78, 5) is 11.9. The molecular weight excluding hydrogens is 266 g/mol. The van der Waals surface area contributed by atoms with Crippen LogP contribution in [-0.4, -0.2) is 30.3 Å². The third-order valence-electron chi connectivity index (χ3n) is 3.33. The summed E-state index contributed by atoms with van der Waals surface area (Å²) < 4.78 is 5.71. The smallest absolute Gasteiger partial charge is 0.223 e. The fourth-order valence-electron chi connectivity index (χ4n) is 2.32. The number of hydrogen-bond acceptors (Lipinski definition) is 3. The van der Waals surface area contributed by atoms with Gasteiger partial charge in [0.1, 0.15) is 5.75 Å². The normalized spacial score (nSPS) is 12.3. The van der Waals surface area contributed by atoms with Gasteiger partial charge in [0.05, 0.1) is 25.7 Å². The Labute approximate surface area is 127 Å². The molecule has 0 heterocycles. The van der Waals surface area contributed by atoms with Crippen molar-refractivity contribution in [1.29, 1.82) is 0 Å². The Balaban J connectivity index is 2.40. The first-order valence-corrected chi connectivity index (χ1v) is 7.53. The zero-order chi connectivity index (χ0) is 15.8. The summed E-state index contributed by atoms with van der Waals surface area (Å²) in [6, 6.07) is 5.81. The molecule has 0 aliphatic carbocycles. The number of aryl methyl sites for hydroxylation is 2. The summed E-state index contributed by atoms with van der Waals surface area (Å²) in [5.41, 5.74) is 2.15. The van der Waals surface area contributed by atoms with E-state index in [-0.39, 0.29) is 18.6 Å². The first-order chi connectivity index (χ1) is 9.93. The summed E-state index contributed by atoms with van der Waals surface area (Å²) in [5.74, 6) is 1.21. The van der Waals surface area contributed by atoms with Gasteiger partial charge < -0.3 is 15.2 Å². The molecule has 0 fully saturated rings. The van der Waals surface area contributed by atoms with Crippen molar-refractivity contribution in [3.63, 3.8) is 0 Å². The third-order valence-corrected chi connectivity index (χ3v) is 3.33. The highest BCUT2D eigenvalue weighted by Crippen LogP contribution is 2.22. The number of para-hydroxylation sites is 1. The first-order valence-electron chi connectivity index (χ1n) is 7.53. The van der Waals surface area contributed by atoms with Crippen LogP contribution in [0.25, 0.3) is 0 Å². The predicted octanol–water partition coefficient (Wildman–Crippen LogP) is 2.60. The van der Waals surface area contributed by atoms with Crippen molar-refractivity contribution in [2.24, 2.45) is 5.92 Å². The highest BCUT2D eigenvalue weighted by Gasteiger charge is 2.13. The quantitative estimate of drug-likeness (QED) is 0.774. The fraction of sp³-hybridized carbons (Fsp3) is 0.588. The number of rotatable bonds is 8. The number of ether oxygens (including phenoxy) is 1. The molecule has 0 aliphatic rings. The number of carbonyl (C=O) groups excluding carboxylic acids is 1. The minimum atomic E-state index is -0.169. The molecule has 2 N–H and O–H groups in total. The zero-order valence-electron chi connectivity index (χ0n) is 13.5. The van der Waals surface area contributed by atoms with Crippen molar-refractivity contribution in [1.82, 2.24) is 5.32 Å². The van der Waals surface area contributed by atoms with E-state index in [0.29, 0.717) is 18.9 Å². The van der Waals surface area contributed by atoms with Gasteiger partial charge in [-0.05, 0) is 37.3 Å². The molecule has 1 aromatic rings. The monoisotopic (exact) mass is 293 g/mol. The number of nitrogens with one attached hydrogen (secondary N) is 1. The lowest BCUT2D eigenvalue weighted by molar-refractivity contribution is -0.122. The van der Waals surface area contributed by atoms with E-state index >= 15 is 0 Å². The molecule has 1 unspecified atom stereocenters. The molecule has 21 heavy (non-hydrogen) atoms. The molecule has 0 saturated carbocycles. The highest BCUT2D eigenvalue weighted by atomic mass is 16.5. The molecule has 1 rings (SSSR count). The van der Waals surface area contributed by atoms with Gasteiger partial charge in [-0.1, -0.05) is 32.0 Å². The second kappa shape index (κ2) is 8.67. The van der Waals surface area contributed by atoms with E-state index < -0.39 is 0 Å². The lowest BCUT2D eigenvalue weighted by Crippen LogP contribution is -2.38. The number of aliphatic hydroxyl groups is 1. The Kier molecular flexibility index (Phi) is 7.23. The number of amides is 1. The average molecular weight is 293 g/mol. The number of carbonyl (C=O) groups is 1. The molecule has 0 saturated heterocycles. The fourth-order valence-corrected chi connectivity index (χ4v) is 2.32. The molecule has 0 aromatic heterocycles. The third kappa shape index (κ3) is 6.17. The van der Waals surface area contributed by atoms with Crippen molar-refractivity contribution < 1.29 is 14.6 Å². The predicted molar refractivity (Wildman–Crippen MR) is 84.5 cm³/mol. The molecule has 0 bridgehead atoms. The summed E-state index contributed by atoms with van der Waals surface area (Å²) in [7, 11) is 0. The second-order valence-electron chi connectivity index (χ2n) is 5.90. The maximum absolute atomic E-state index is 11.9. The Bertz CT molecular complexity index is 437. The minimum Gasteiger partial charge on any atom is -0.493 e. The topological polar surface area (TPSA) is 58.6 Å². The van der Waals surface area contributed by atoms with Crippen LogP contribution < -0.4 is 10.1 Å². The lowest BCUT2D eigenvalue weighted by atomic mass is 10.0. The molecule has 1 aromatic carbocycles. The van der Waals surface area contributed by atoms with Crippen LogP contribution in [0.3, 0.4) is 0 Å². The number of benzene rings is 1. The van der Waals surface area contributed by atoms with Gasteiger partial charge in [0.25, 0.3) is 0 Å². The van der Waals surface area contributed by atoms with Crippen LogP contribution in [0, 0.1) is 19.8 Å². The van der Waals surface area contributed by atoms with Crippen molar-refractivity contribution in [3.8, 4) is 5.75 Å². The van der Waals surface area contributed by atoms with Gasteiger partial charge >= 0.3 is 0 Å². The van der Waals surface area contributed by atoms with Crippen LogP contribution in [0.2, 0.25) is 0 Å². The Morgan fingerprint density at radius 3 is 2.43 bits per heavy atom. The summed E-state index contributed by atoms with van der Waals surface area (Å²) in [6.45, 7) is 8.44. The lowest BCUT2D eigenvalue weighted by Gasteiger charge is -2.18. The van der Waals surface area contributed by atoms with E-state index in [1.807, 2.05) is 32.0 Å². The molecule has 4 heteroatoms. The van der Waals surface area contributed by atoms with Gasteiger partial charge in [-0.3, -0.25) is 4.79 Å². The maximum Gasteiger partial charge on any atom is 0.223 e. The van der Waals surface area contributed by atoms with Crippen molar-refractivity contribution in [2.75, 3.05) is 13.2 Å². The van der Waals surface area contributed by atoms with Gasteiger partial charge in [-0.25, -0.2) is 0 Å². The second-order valence-corrected chi connectivity index (χ2v) is 5.90. The first kappa shape index (κ1) is 17.5. The summed E-state index contributed by atoms with van der Waals surface area (Å²) in [6.07, 6.45) is 1.07. The van der Waals surface area contributed by atoms with Crippen LogP contribution in [0.5, 0.6) is 5.75 Å². The van der Waals surface area contributed by atoms with Crippen molar-refractivity contribution >= 4 is 5.91 Å². The van der Waals surface area contributed by atoms with Gasteiger partial charge in [0.2, 0.25) is 5.91 Å². The Morgan fingerprint density at radius 2 is 1.90 bits per heavy atom. The van der Waals surface area contributed by atoms with Gasteiger partial charge in [0, 0.05) is 0 Å². The van der Waals surface area contributed by atoms with E-state index in [1.54, 1.807) is 0 Å². The van der Waals surface area contributed by atoms with E-state index in [9.17, 15) is 9.90 Å². The highest BCUT2D eigenvalue weighted by molar-refractivity contribution is 5.76. The van der Waals surface area contributed by atoms with Crippen LogP contribution in [-0.2, 0) is 4.79 Å². The van der Waals surface area contributed by atoms with Gasteiger partial charge in [-0.2, -0.15) is 0 Å². The van der Waals surface area contributed by atoms with Gasteiger partial charge in [-0.15, -0.1) is 0 Å². The van der Waals surface area contributed by atoms with E-state index in [1.165, 1.54) is 0 Å². The van der Waals surface area contributed by atoms with Gasteiger partial charge in [0.15, 0.2) is 0 Å². The van der Waals surface area contributed by atoms with Crippen LogP contribution >= 0.6 is 0 Å². The van der Waals surface area contributed by atoms with E-state index in [2.05, 4.69) is 19.2 Å². The Morgan fingerprint density at radius 1 is 1.29 bits per heavy atom. The molecule has 1 atom stereocenters. The summed E-state index contributed by atoms with van der Waals surface area (Å²) in [5, 5.41) is 12.1. The average Bonchev–Trinajstić information content (AvgIpc) is 2.40.